The van der Waals surface area contributed by atoms with Crippen LogP contribution >= 0.6 is 11.6 Å². The summed E-state index contributed by atoms with van der Waals surface area (Å²) in [4.78, 5) is 35.2. The van der Waals surface area contributed by atoms with E-state index in [-0.39, 0.29) is 40.2 Å². The van der Waals surface area contributed by atoms with E-state index in [0.29, 0.717) is 41.9 Å². The van der Waals surface area contributed by atoms with Gasteiger partial charge in [0.1, 0.15) is 12.2 Å². The third-order valence-corrected chi connectivity index (χ3v) is 11.0. The molecule has 6 heteroatoms. The van der Waals surface area contributed by atoms with Crippen LogP contribution in [0.2, 0.25) is 0 Å². The fraction of sp³-hybridized carbons (Fsp3) is 0.893. The van der Waals surface area contributed by atoms with Crippen molar-refractivity contribution < 1.29 is 23.9 Å². The van der Waals surface area contributed by atoms with Crippen LogP contribution in [0.3, 0.4) is 0 Å². The van der Waals surface area contributed by atoms with Gasteiger partial charge in [0, 0.05) is 26.2 Å². The average Bonchev–Trinajstić information content (AvgIpc) is 3.09. The number of carbonyl (C=O) groups excluding carboxylic acids is 3. The van der Waals surface area contributed by atoms with Gasteiger partial charge in [-0.15, -0.1) is 0 Å². The number of rotatable bonds is 6. The molecule has 0 aromatic rings. The van der Waals surface area contributed by atoms with Gasteiger partial charge in [-0.05, 0) is 110 Å². The molecule has 0 unspecified atom stereocenters. The predicted molar refractivity (Wildman–Crippen MR) is 131 cm³/mol. The highest BCUT2D eigenvalue weighted by Gasteiger charge is 2.63. The van der Waals surface area contributed by atoms with Crippen molar-refractivity contribution in [3.05, 3.63) is 0 Å². The quantitative estimate of drug-likeness (QED) is 0.320. The minimum Gasteiger partial charge on any atom is -0.463 e. The number of esters is 2. The first-order valence-electron chi connectivity index (χ1n) is 13.5. The summed E-state index contributed by atoms with van der Waals surface area (Å²) in [6, 6.07) is 0. The fourth-order valence-corrected chi connectivity index (χ4v) is 9.46. The molecule has 0 radical (unpaired) electrons. The monoisotopic (exact) mass is 494 g/mol. The molecule has 0 aliphatic heterocycles. The summed E-state index contributed by atoms with van der Waals surface area (Å²) in [5, 5.41) is -0.235. The van der Waals surface area contributed by atoms with Crippen molar-refractivity contribution in [3.8, 4) is 0 Å². The zero-order valence-corrected chi connectivity index (χ0v) is 22.4. The molecule has 0 bridgehead atoms. The lowest BCUT2D eigenvalue weighted by molar-refractivity contribution is -0.197. The molecular weight excluding hydrogens is 452 g/mol. The van der Waals surface area contributed by atoms with Gasteiger partial charge in [0.05, 0.1) is 0 Å². The highest BCUT2D eigenvalue weighted by atomic mass is 35.5. The van der Waals surface area contributed by atoms with Gasteiger partial charge >= 0.3 is 11.9 Å². The number of hydrogen-bond donors (Lipinski definition) is 0. The summed E-state index contributed by atoms with van der Waals surface area (Å²) >= 11 is 5.66. The lowest BCUT2D eigenvalue weighted by Crippen LogP contribution is -2.59. The Morgan fingerprint density at radius 3 is 2.21 bits per heavy atom. The van der Waals surface area contributed by atoms with Crippen LogP contribution in [0, 0.1) is 46.3 Å². The van der Waals surface area contributed by atoms with Gasteiger partial charge in [-0.1, -0.05) is 20.8 Å². The second kappa shape index (κ2) is 9.75. The van der Waals surface area contributed by atoms with Crippen LogP contribution in [-0.4, -0.2) is 29.4 Å². The smallest absolute Gasteiger partial charge is 0.302 e. The van der Waals surface area contributed by atoms with Crippen molar-refractivity contribution in [2.75, 3.05) is 0 Å². The molecule has 4 aliphatic rings. The van der Waals surface area contributed by atoms with Crippen LogP contribution in [-0.2, 0) is 23.9 Å². The Morgan fingerprint density at radius 1 is 0.912 bits per heavy atom. The molecule has 0 heterocycles. The molecule has 4 rings (SSSR count). The highest BCUT2D eigenvalue weighted by molar-refractivity contribution is 6.63. The molecular formula is C28H43ClO5. The predicted octanol–water partition coefficient (Wildman–Crippen LogP) is 6.30. The van der Waals surface area contributed by atoms with Gasteiger partial charge in [-0.25, -0.2) is 0 Å². The van der Waals surface area contributed by atoms with E-state index in [0.717, 1.165) is 32.1 Å². The van der Waals surface area contributed by atoms with E-state index in [9.17, 15) is 14.4 Å². The molecule has 0 aromatic carbocycles. The minimum absolute atomic E-state index is 0.0136. The van der Waals surface area contributed by atoms with E-state index in [4.69, 9.17) is 21.1 Å². The van der Waals surface area contributed by atoms with E-state index in [1.54, 1.807) is 0 Å². The highest BCUT2D eigenvalue weighted by Crippen LogP contribution is 2.68. The molecule has 192 valence electrons. The molecule has 4 fully saturated rings. The van der Waals surface area contributed by atoms with E-state index < -0.39 is 0 Å². The van der Waals surface area contributed by atoms with Crippen LogP contribution < -0.4 is 0 Å². The maximum atomic E-state index is 12.2. The first kappa shape index (κ1) is 26.0. The molecule has 34 heavy (non-hydrogen) atoms. The van der Waals surface area contributed by atoms with Crippen molar-refractivity contribution >= 4 is 28.8 Å². The second-order valence-corrected chi connectivity index (χ2v) is 12.9. The van der Waals surface area contributed by atoms with E-state index in [1.165, 1.54) is 39.5 Å². The standard InChI is InChI=1S/C28H43ClO5/c1-16(6-9-25(29)32)21-7-8-22-26-23(11-13-28(21,22)5)27(4)12-10-20(33-17(2)30)14-19(27)15-24(26)34-18(3)31/h16,19-24,26H,6-15H2,1-5H3/t16-,19-,20-,21-,22+,23+,24-,26+,27+,28-/m1/s1. The summed E-state index contributed by atoms with van der Waals surface area (Å²) in [5.74, 6) is 2.53. The van der Waals surface area contributed by atoms with Gasteiger partial charge < -0.3 is 9.47 Å². The number of carbonyl (C=O) groups is 3. The second-order valence-electron chi connectivity index (χ2n) is 12.5. The van der Waals surface area contributed by atoms with Gasteiger partial charge in [-0.2, -0.15) is 0 Å². The average molecular weight is 495 g/mol. The first-order chi connectivity index (χ1) is 16.0. The fourth-order valence-electron chi connectivity index (χ4n) is 9.35. The zero-order valence-electron chi connectivity index (χ0n) is 21.6. The molecule has 0 saturated heterocycles. The van der Waals surface area contributed by atoms with Crippen molar-refractivity contribution in [3.63, 3.8) is 0 Å². The number of fused-ring (bicyclic) bond motifs is 5. The first-order valence-corrected chi connectivity index (χ1v) is 13.9. The van der Waals surface area contributed by atoms with Crippen molar-refractivity contribution in [2.24, 2.45) is 46.3 Å². The third-order valence-electron chi connectivity index (χ3n) is 10.8. The Morgan fingerprint density at radius 2 is 1.56 bits per heavy atom. The summed E-state index contributed by atoms with van der Waals surface area (Å²) in [6.07, 6.45) is 9.73. The number of hydrogen-bond acceptors (Lipinski definition) is 5. The Labute approximate surface area is 210 Å². The number of halogens is 1. The van der Waals surface area contributed by atoms with Gasteiger partial charge in [-0.3, -0.25) is 14.4 Å². The van der Waals surface area contributed by atoms with Crippen molar-refractivity contribution in [2.45, 2.75) is 111 Å². The topological polar surface area (TPSA) is 69.7 Å². The molecule has 5 nitrogen and oxygen atoms in total. The Kier molecular flexibility index (Phi) is 7.45. The SMILES string of the molecule is CC(=O)O[C@@H]1CC[C@@]2(C)[C@H](C1)C[C@@H](OC(C)=O)[C@@H]1[C@@H]2CC[C@]2(C)[C@@H]([C@H](C)CCC(=O)Cl)CC[C@@H]12. The lowest BCUT2D eigenvalue weighted by atomic mass is 9.43. The maximum absolute atomic E-state index is 12.2. The van der Waals surface area contributed by atoms with Crippen molar-refractivity contribution in [1.29, 1.82) is 0 Å². The van der Waals surface area contributed by atoms with Gasteiger partial charge in [0.25, 0.3) is 0 Å². The molecule has 0 aromatic heterocycles. The third kappa shape index (κ3) is 4.67. The van der Waals surface area contributed by atoms with E-state index in [1.807, 2.05) is 0 Å². The van der Waals surface area contributed by atoms with Crippen LogP contribution in [0.15, 0.2) is 0 Å². The molecule has 0 N–H and O–H groups in total. The summed E-state index contributed by atoms with van der Waals surface area (Å²) in [6.45, 7) is 10.3. The summed E-state index contributed by atoms with van der Waals surface area (Å²) in [5.41, 5.74) is 0.417. The molecule has 4 aliphatic carbocycles. The maximum Gasteiger partial charge on any atom is 0.302 e. The largest absolute Gasteiger partial charge is 0.463 e. The van der Waals surface area contributed by atoms with Crippen LogP contribution in [0.5, 0.6) is 0 Å². The van der Waals surface area contributed by atoms with E-state index in [2.05, 4.69) is 20.8 Å². The zero-order chi connectivity index (χ0) is 24.8. The van der Waals surface area contributed by atoms with Gasteiger partial charge in [0.2, 0.25) is 5.24 Å². The Bertz CT molecular complexity index is 813. The molecule has 0 amide bonds. The van der Waals surface area contributed by atoms with Crippen LogP contribution in [0.4, 0.5) is 0 Å². The minimum atomic E-state index is -0.235. The van der Waals surface area contributed by atoms with Gasteiger partial charge in [0.15, 0.2) is 0 Å². The van der Waals surface area contributed by atoms with E-state index >= 15 is 0 Å². The van der Waals surface area contributed by atoms with Crippen LogP contribution in [0.1, 0.15) is 98.8 Å². The Hall–Kier alpha value is -1.10. The van der Waals surface area contributed by atoms with Crippen LogP contribution in [0.25, 0.3) is 0 Å². The summed E-state index contributed by atoms with van der Waals surface area (Å²) in [7, 11) is 0. The lowest BCUT2D eigenvalue weighted by Gasteiger charge is -2.62. The number of ether oxygens (including phenoxy) is 2. The summed E-state index contributed by atoms with van der Waals surface area (Å²) < 4.78 is 11.7. The molecule has 0 spiro atoms. The normalized spacial score (nSPS) is 44.2. The Balaban J connectivity index is 1.59. The molecule has 10 atom stereocenters. The molecule has 4 saturated carbocycles. The van der Waals surface area contributed by atoms with Crippen molar-refractivity contribution in [1.82, 2.24) is 0 Å².